The van der Waals surface area contributed by atoms with Crippen LogP contribution in [0.4, 0.5) is 0 Å². The summed E-state index contributed by atoms with van der Waals surface area (Å²) in [5.41, 5.74) is 4.46. The van der Waals surface area contributed by atoms with Gasteiger partial charge in [0.15, 0.2) is 0 Å². The van der Waals surface area contributed by atoms with Crippen LogP contribution in [0.5, 0.6) is 0 Å². The topological polar surface area (TPSA) is 131 Å². The number of hydrogen-bond donors (Lipinski definition) is 0. The molecule has 0 spiro atoms. The standard InChI is InChI=1S/C36H42N15P3/c1-46(37-31-19-7-8-20-31)52(47(2)38-32-21-9-10-22-32)43-53(48(3)39-33-23-11-12-24-33,49(4)40-34-25-13-14-26-34)45-54(44-52,50(5)41-35-27-15-16-28-35)51(6)42-36-29-17-18-30-36/h7-30H,1-6H3. The van der Waals surface area contributed by atoms with Crippen molar-refractivity contribution in [3.63, 3.8) is 0 Å². The van der Waals surface area contributed by atoms with E-state index >= 15 is 0 Å². The summed E-state index contributed by atoms with van der Waals surface area (Å²) in [7, 11) is 0.888. The third-order valence-corrected chi connectivity index (χ3v) is 19.4. The van der Waals surface area contributed by atoms with Crippen molar-refractivity contribution in [3.05, 3.63) is 146 Å². The fourth-order valence-electron chi connectivity index (χ4n) is 5.74. The van der Waals surface area contributed by atoms with Crippen LogP contribution in [0.25, 0.3) is 0 Å². The summed E-state index contributed by atoms with van der Waals surface area (Å²) in [6.07, 6.45) is 46.8. The third-order valence-electron chi connectivity index (χ3n) is 8.48. The SMILES string of the molecule is CN(N=C1C=CC=C1)P1(N(C)N=C2C=CC=C2)=NP(N(C)N=C2C=CC=C2)(N(C)N=C2C=CC=C2)=NP(N(C)N=C2C=CC=C2)(N(C)N=C2C=CC=C2)=N1. The predicted molar refractivity (Wildman–Crippen MR) is 229 cm³/mol. The Balaban J connectivity index is 1.63. The molecular weight excluding hydrogens is 735 g/mol. The Labute approximate surface area is 316 Å². The van der Waals surface area contributed by atoms with E-state index in [1.54, 1.807) is 0 Å². The number of hydrazone groups is 6. The van der Waals surface area contributed by atoms with Crippen LogP contribution in [-0.4, -0.2) is 105 Å². The molecule has 1 heterocycles. The fourth-order valence-corrected chi connectivity index (χ4v) is 19.0. The van der Waals surface area contributed by atoms with E-state index in [1.807, 2.05) is 217 Å². The molecule has 0 aromatic rings. The van der Waals surface area contributed by atoms with Crippen molar-refractivity contribution in [2.24, 2.45) is 44.2 Å². The van der Waals surface area contributed by atoms with Crippen LogP contribution in [0.1, 0.15) is 0 Å². The second kappa shape index (κ2) is 15.4. The zero-order valence-corrected chi connectivity index (χ0v) is 33.6. The first-order chi connectivity index (χ1) is 26.1. The average Bonchev–Trinajstić information content (AvgIpc) is 4.00. The van der Waals surface area contributed by atoms with Crippen LogP contribution in [0.2, 0.25) is 0 Å². The van der Waals surface area contributed by atoms with Crippen molar-refractivity contribution in [3.8, 4) is 0 Å². The molecule has 0 saturated carbocycles. The molecule has 0 atom stereocenters. The van der Waals surface area contributed by atoms with E-state index in [1.165, 1.54) is 0 Å². The first kappa shape index (κ1) is 36.7. The highest BCUT2D eigenvalue weighted by molar-refractivity contribution is 7.82. The van der Waals surface area contributed by atoms with Gasteiger partial charge in [-0.3, -0.25) is 0 Å². The zero-order chi connectivity index (χ0) is 37.8. The number of nitrogens with zero attached hydrogens (tertiary/aromatic N) is 15. The van der Waals surface area contributed by atoms with Gasteiger partial charge in [0.05, 0.1) is 34.3 Å². The monoisotopic (exact) mass is 777 g/mol. The van der Waals surface area contributed by atoms with Crippen molar-refractivity contribution in [2.45, 2.75) is 0 Å². The maximum absolute atomic E-state index is 5.83. The van der Waals surface area contributed by atoms with Gasteiger partial charge in [-0.25, -0.2) is 28.7 Å². The average molecular weight is 778 g/mol. The molecule has 0 amide bonds. The van der Waals surface area contributed by atoms with E-state index < -0.39 is 22.5 Å². The van der Waals surface area contributed by atoms with E-state index in [0.717, 1.165) is 34.3 Å². The van der Waals surface area contributed by atoms with Gasteiger partial charge >= 0.3 is 22.5 Å². The molecule has 276 valence electrons. The van der Waals surface area contributed by atoms with Crippen molar-refractivity contribution in [2.75, 3.05) is 42.3 Å². The van der Waals surface area contributed by atoms with Gasteiger partial charge in [0, 0.05) is 42.3 Å². The lowest BCUT2D eigenvalue weighted by atomic mass is 10.4. The molecule has 0 aromatic heterocycles. The van der Waals surface area contributed by atoms with Crippen LogP contribution < -0.4 is 0 Å². The van der Waals surface area contributed by atoms with E-state index in [9.17, 15) is 0 Å². The Kier molecular flexibility index (Phi) is 10.5. The maximum Gasteiger partial charge on any atom is 0.304 e. The molecule has 0 unspecified atom stereocenters. The molecule has 54 heavy (non-hydrogen) atoms. The Morgan fingerprint density at radius 3 is 0.537 bits per heavy atom. The molecular formula is C36H42N15P3. The predicted octanol–water partition coefficient (Wildman–Crippen LogP) is 8.32. The lowest BCUT2D eigenvalue weighted by Gasteiger charge is -2.46. The molecule has 0 aromatic carbocycles. The molecule has 0 radical (unpaired) electrons. The molecule has 7 aliphatic rings. The van der Waals surface area contributed by atoms with Crippen LogP contribution in [0, 0.1) is 0 Å². The van der Waals surface area contributed by atoms with Gasteiger partial charge in [-0.2, -0.15) is 44.2 Å². The summed E-state index contributed by atoms with van der Waals surface area (Å²) in [4.78, 5) is 0. The maximum atomic E-state index is 5.83. The van der Waals surface area contributed by atoms with Crippen LogP contribution in [0.3, 0.4) is 0 Å². The fraction of sp³-hybridized carbons (Fsp3) is 0.167. The first-order valence-electron chi connectivity index (χ1n) is 17.1. The van der Waals surface area contributed by atoms with E-state index in [4.69, 9.17) is 44.2 Å². The summed E-state index contributed by atoms with van der Waals surface area (Å²) in [5.74, 6) is 0. The molecule has 0 saturated heterocycles. The molecule has 6 aliphatic carbocycles. The second-order valence-electron chi connectivity index (χ2n) is 12.3. The molecule has 18 heteroatoms. The zero-order valence-electron chi connectivity index (χ0n) is 30.9. The molecule has 1 aliphatic heterocycles. The molecule has 7 rings (SSSR count). The lowest BCUT2D eigenvalue weighted by molar-refractivity contribution is 0.459. The summed E-state index contributed by atoms with van der Waals surface area (Å²) in [5, 5.41) is 30.8. The molecule has 0 fully saturated rings. The largest absolute Gasteiger partial charge is 0.304 e. The van der Waals surface area contributed by atoms with Crippen LogP contribution >= 0.6 is 22.5 Å². The van der Waals surface area contributed by atoms with E-state index in [0.29, 0.717) is 0 Å². The Hall–Kier alpha value is -5.61. The second-order valence-corrected chi connectivity index (χ2v) is 21.1. The van der Waals surface area contributed by atoms with Gasteiger partial charge in [-0.05, 0) is 72.9 Å². The van der Waals surface area contributed by atoms with Gasteiger partial charge in [-0.1, -0.05) is 72.9 Å². The third kappa shape index (κ3) is 7.30. The van der Waals surface area contributed by atoms with Crippen LogP contribution in [0.15, 0.2) is 190 Å². The van der Waals surface area contributed by atoms with Gasteiger partial charge in [-0.15, -0.1) is 0 Å². The van der Waals surface area contributed by atoms with Crippen LogP contribution in [-0.2, 0) is 0 Å². The summed E-state index contributed by atoms with van der Waals surface area (Å²) >= 11 is 0. The van der Waals surface area contributed by atoms with Crippen molar-refractivity contribution in [1.29, 1.82) is 0 Å². The van der Waals surface area contributed by atoms with Gasteiger partial charge in [0.25, 0.3) is 0 Å². The highest BCUT2D eigenvalue weighted by Gasteiger charge is 2.50. The number of rotatable bonds is 12. The molecule has 0 N–H and O–H groups in total. The minimum absolute atomic E-state index is 0.744. The minimum atomic E-state index is -3.49. The highest BCUT2D eigenvalue weighted by atomic mass is 31.3. The lowest BCUT2D eigenvalue weighted by Crippen LogP contribution is -2.29. The number of hydrogen-bond acceptors (Lipinski definition) is 15. The van der Waals surface area contributed by atoms with E-state index in [-0.39, 0.29) is 0 Å². The van der Waals surface area contributed by atoms with Gasteiger partial charge < -0.3 is 0 Å². The van der Waals surface area contributed by atoms with E-state index in [2.05, 4.69) is 0 Å². The smallest absolute Gasteiger partial charge is 0.228 e. The van der Waals surface area contributed by atoms with Crippen molar-refractivity contribution >= 4 is 56.8 Å². The molecule has 0 bridgehead atoms. The minimum Gasteiger partial charge on any atom is -0.228 e. The number of allylic oxidation sites excluding steroid dienone is 24. The Morgan fingerprint density at radius 1 is 0.278 bits per heavy atom. The van der Waals surface area contributed by atoms with Crippen molar-refractivity contribution in [1.82, 2.24) is 28.7 Å². The first-order valence-corrected chi connectivity index (χ1v) is 21.9. The Bertz CT molecular complexity index is 1830. The van der Waals surface area contributed by atoms with Gasteiger partial charge in [0.2, 0.25) is 0 Å². The summed E-state index contributed by atoms with van der Waals surface area (Å²) < 4.78 is 28.5. The quantitative estimate of drug-likeness (QED) is 0.145. The summed E-state index contributed by atoms with van der Waals surface area (Å²) in [6, 6.07) is 0. The molecule has 15 nitrogen and oxygen atoms in total. The normalized spacial score (nSPS) is 20.6. The van der Waals surface area contributed by atoms with Crippen molar-refractivity contribution < 1.29 is 0 Å². The van der Waals surface area contributed by atoms with Gasteiger partial charge in [0.1, 0.15) is 0 Å². The Morgan fingerprint density at radius 2 is 0.407 bits per heavy atom. The highest BCUT2D eigenvalue weighted by Crippen LogP contribution is 2.83. The summed E-state index contributed by atoms with van der Waals surface area (Å²) in [6.45, 7) is 0.